The number of rotatable bonds is 4. The Morgan fingerprint density at radius 3 is 3.06 bits per heavy atom. The van der Waals surface area contributed by atoms with Crippen LogP contribution in [0.15, 0.2) is 33.8 Å². The molecule has 0 fully saturated rings. The van der Waals surface area contributed by atoms with Crippen molar-refractivity contribution in [2.75, 3.05) is 0 Å². The second-order valence-electron chi connectivity index (χ2n) is 3.38. The van der Waals surface area contributed by atoms with Crippen LogP contribution in [-0.4, -0.2) is 15.3 Å². The molecule has 0 radical (unpaired) electrons. The summed E-state index contributed by atoms with van der Waals surface area (Å²) in [5.74, 6) is 0.322. The van der Waals surface area contributed by atoms with Crippen molar-refractivity contribution in [3.8, 4) is 0 Å². The Bertz CT molecular complexity index is 502. The number of carbonyl (C=O) groups is 1. The van der Waals surface area contributed by atoms with E-state index >= 15 is 0 Å². The third-order valence-corrected chi connectivity index (χ3v) is 2.86. The Balaban J connectivity index is 2.34. The van der Waals surface area contributed by atoms with Crippen molar-refractivity contribution >= 4 is 21.7 Å². The highest BCUT2D eigenvalue weighted by Crippen LogP contribution is 2.20. The summed E-state index contributed by atoms with van der Waals surface area (Å²) in [6.45, 7) is 2.85. The van der Waals surface area contributed by atoms with Crippen LogP contribution in [0.1, 0.15) is 29.5 Å². The first-order valence-corrected chi connectivity index (χ1v) is 5.82. The number of aryl methyl sites for hydroxylation is 1. The fraction of sp³-hybridized carbons (Fsp3) is 0.273. The standard InChI is InChI=1S/C11H11BrN2O2/c1-2-5-14-6-4-13-11(14)9(15)8-3-7-16-10(8)12/h3-4,6-7H,2,5H2,1H3. The second-order valence-corrected chi connectivity index (χ2v) is 4.10. The zero-order valence-electron chi connectivity index (χ0n) is 8.81. The number of imidazole rings is 1. The molecule has 0 unspecified atom stereocenters. The number of ketones is 1. The molecule has 0 aromatic carbocycles. The lowest BCUT2D eigenvalue weighted by molar-refractivity contribution is 0.102. The fourth-order valence-electron chi connectivity index (χ4n) is 1.52. The Hall–Kier alpha value is -1.36. The van der Waals surface area contributed by atoms with Crippen LogP contribution in [0, 0.1) is 0 Å². The minimum absolute atomic E-state index is 0.126. The van der Waals surface area contributed by atoms with Crippen LogP contribution in [0.3, 0.4) is 0 Å². The van der Waals surface area contributed by atoms with E-state index in [1.54, 1.807) is 12.3 Å². The Morgan fingerprint density at radius 2 is 2.44 bits per heavy atom. The van der Waals surface area contributed by atoms with E-state index in [1.165, 1.54) is 6.26 Å². The van der Waals surface area contributed by atoms with Crippen molar-refractivity contribution < 1.29 is 9.21 Å². The van der Waals surface area contributed by atoms with Crippen LogP contribution in [0.4, 0.5) is 0 Å². The van der Waals surface area contributed by atoms with Gasteiger partial charge in [0.1, 0.15) is 0 Å². The van der Waals surface area contributed by atoms with Crippen LogP contribution in [-0.2, 0) is 6.54 Å². The highest BCUT2D eigenvalue weighted by Gasteiger charge is 2.19. The molecule has 2 rings (SSSR count). The number of aromatic nitrogens is 2. The molecule has 0 bridgehead atoms. The average Bonchev–Trinajstić information content (AvgIpc) is 2.87. The van der Waals surface area contributed by atoms with Crippen LogP contribution in [0.5, 0.6) is 0 Å². The third kappa shape index (κ3) is 1.95. The summed E-state index contributed by atoms with van der Waals surface area (Å²) in [5.41, 5.74) is 0.503. The van der Waals surface area contributed by atoms with Gasteiger partial charge in [-0.05, 0) is 28.4 Å². The van der Waals surface area contributed by atoms with E-state index in [1.807, 2.05) is 10.8 Å². The molecule has 0 saturated heterocycles. The topological polar surface area (TPSA) is 48.0 Å². The largest absolute Gasteiger partial charge is 0.457 e. The zero-order chi connectivity index (χ0) is 11.5. The predicted octanol–water partition coefficient (Wildman–Crippen LogP) is 2.88. The molecule has 0 aliphatic rings. The molecule has 84 valence electrons. The summed E-state index contributed by atoms with van der Waals surface area (Å²) in [4.78, 5) is 16.2. The number of furan rings is 1. The number of halogens is 1. The predicted molar refractivity (Wildman–Crippen MR) is 62.4 cm³/mol. The van der Waals surface area contributed by atoms with E-state index in [9.17, 15) is 4.79 Å². The highest BCUT2D eigenvalue weighted by atomic mass is 79.9. The molecule has 0 spiro atoms. The lowest BCUT2D eigenvalue weighted by Crippen LogP contribution is -2.10. The van der Waals surface area contributed by atoms with E-state index in [-0.39, 0.29) is 5.78 Å². The van der Waals surface area contributed by atoms with Crippen molar-refractivity contribution in [3.05, 3.63) is 40.8 Å². The van der Waals surface area contributed by atoms with Crippen molar-refractivity contribution in [2.24, 2.45) is 0 Å². The van der Waals surface area contributed by atoms with Gasteiger partial charge in [0.15, 0.2) is 10.5 Å². The molecule has 2 heterocycles. The first-order chi connectivity index (χ1) is 7.74. The van der Waals surface area contributed by atoms with Crippen LogP contribution < -0.4 is 0 Å². The minimum Gasteiger partial charge on any atom is -0.457 e. The quantitative estimate of drug-likeness (QED) is 0.810. The van der Waals surface area contributed by atoms with Crippen LogP contribution in [0.2, 0.25) is 0 Å². The fourth-order valence-corrected chi connectivity index (χ4v) is 1.94. The molecular weight excluding hydrogens is 272 g/mol. The van der Waals surface area contributed by atoms with Crippen LogP contribution >= 0.6 is 15.9 Å². The molecule has 0 aliphatic carbocycles. The maximum Gasteiger partial charge on any atom is 0.232 e. The van der Waals surface area contributed by atoms with Gasteiger partial charge in [0.25, 0.3) is 0 Å². The summed E-state index contributed by atoms with van der Waals surface area (Å²) >= 11 is 3.19. The van der Waals surface area contributed by atoms with Gasteiger partial charge in [-0.1, -0.05) is 6.92 Å². The van der Waals surface area contributed by atoms with Crippen molar-refractivity contribution in [1.82, 2.24) is 9.55 Å². The molecule has 16 heavy (non-hydrogen) atoms. The zero-order valence-corrected chi connectivity index (χ0v) is 10.4. The molecular formula is C11H11BrN2O2. The van der Waals surface area contributed by atoms with Crippen molar-refractivity contribution in [1.29, 1.82) is 0 Å². The van der Waals surface area contributed by atoms with Gasteiger partial charge >= 0.3 is 0 Å². The average molecular weight is 283 g/mol. The Kier molecular flexibility index (Phi) is 3.24. The molecule has 0 aliphatic heterocycles. The normalized spacial score (nSPS) is 10.6. The van der Waals surface area contributed by atoms with Crippen molar-refractivity contribution in [3.63, 3.8) is 0 Å². The number of hydrogen-bond donors (Lipinski definition) is 0. The van der Waals surface area contributed by atoms with E-state index in [0.717, 1.165) is 13.0 Å². The van der Waals surface area contributed by atoms with Gasteiger partial charge in [-0.15, -0.1) is 0 Å². The second kappa shape index (κ2) is 4.65. The summed E-state index contributed by atoms with van der Waals surface area (Å²) in [5, 5.41) is 0. The monoisotopic (exact) mass is 282 g/mol. The number of hydrogen-bond acceptors (Lipinski definition) is 3. The summed E-state index contributed by atoms with van der Waals surface area (Å²) in [6.07, 6.45) is 5.88. The van der Waals surface area contributed by atoms with E-state index in [0.29, 0.717) is 16.1 Å². The third-order valence-electron chi connectivity index (χ3n) is 2.25. The lowest BCUT2D eigenvalue weighted by Gasteiger charge is -2.03. The smallest absolute Gasteiger partial charge is 0.232 e. The number of nitrogens with zero attached hydrogens (tertiary/aromatic N) is 2. The van der Waals surface area contributed by atoms with Gasteiger partial charge < -0.3 is 8.98 Å². The molecule has 5 heteroatoms. The SMILES string of the molecule is CCCn1ccnc1C(=O)c1ccoc1Br. The Labute approximate surface area is 101 Å². The van der Waals surface area contributed by atoms with E-state index in [4.69, 9.17) is 4.42 Å². The van der Waals surface area contributed by atoms with E-state index < -0.39 is 0 Å². The lowest BCUT2D eigenvalue weighted by atomic mass is 10.2. The molecule has 2 aromatic rings. The molecule has 0 N–H and O–H groups in total. The highest BCUT2D eigenvalue weighted by molar-refractivity contribution is 9.10. The molecule has 4 nitrogen and oxygen atoms in total. The maximum absolute atomic E-state index is 12.1. The first-order valence-electron chi connectivity index (χ1n) is 5.03. The first kappa shape index (κ1) is 11.1. The molecule has 0 saturated carbocycles. The molecule has 0 amide bonds. The summed E-state index contributed by atoms with van der Waals surface area (Å²) in [6, 6.07) is 1.64. The van der Waals surface area contributed by atoms with Gasteiger partial charge in [-0.25, -0.2) is 4.98 Å². The van der Waals surface area contributed by atoms with Gasteiger partial charge in [0.2, 0.25) is 5.78 Å². The van der Waals surface area contributed by atoms with Gasteiger partial charge in [-0.2, -0.15) is 0 Å². The molecule has 2 aromatic heterocycles. The van der Waals surface area contributed by atoms with E-state index in [2.05, 4.69) is 27.8 Å². The van der Waals surface area contributed by atoms with Crippen LogP contribution in [0.25, 0.3) is 0 Å². The van der Waals surface area contributed by atoms with Crippen molar-refractivity contribution in [2.45, 2.75) is 19.9 Å². The van der Waals surface area contributed by atoms with Gasteiger partial charge in [0.05, 0.1) is 11.8 Å². The minimum atomic E-state index is -0.126. The molecule has 0 atom stereocenters. The Morgan fingerprint density at radius 1 is 1.62 bits per heavy atom. The van der Waals surface area contributed by atoms with Gasteiger partial charge in [0, 0.05) is 18.9 Å². The summed E-state index contributed by atoms with van der Waals surface area (Å²) < 4.78 is 7.34. The maximum atomic E-state index is 12.1. The van der Waals surface area contributed by atoms with Gasteiger partial charge in [-0.3, -0.25) is 4.79 Å². The number of carbonyl (C=O) groups excluding carboxylic acids is 1. The summed E-state index contributed by atoms with van der Waals surface area (Å²) in [7, 11) is 0.